The van der Waals surface area contributed by atoms with Crippen LogP contribution in [0.4, 0.5) is 0 Å². The summed E-state index contributed by atoms with van der Waals surface area (Å²) < 4.78 is 2.02. The maximum atomic E-state index is 5.10. The predicted molar refractivity (Wildman–Crippen MR) is 65.8 cm³/mol. The van der Waals surface area contributed by atoms with Gasteiger partial charge in [-0.15, -0.1) is 0 Å². The Labute approximate surface area is 96.1 Å². The average molecular weight is 226 g/mol. The summed E-state index contributed by atoms with van der Waals surface area (Å²) in [6.45, 7) is 3.86. The van der Waals surface area contributed by atoms with Crippen molar-refractivity contribution in [2.45, 2.75) is 19.8 Å². The number of hydrogen-bond acceptors (Lipinski definition) is 2. The number of nitrogens with zero attached hydrogens (tertiary/aromatic N) is 2. The average Bonchev–Trinajstić information content (AvgIpc) is 2.61. The molecule has 2 N–H and O–H groups in total. The molecule has 0 spiro atoms. The molecular weight excluding hydrogens is 208 g/mol. The van der Waals surface area contributed by atoms with Crippen molar-refractivity contribution in [1.82, 2.24) is 20.2 Å². The zero-order chi connectivity index (χ0) is 11.1. The summed E-state index contributed by atoms with van der Waals surface area (Å²) in [4.78, 5) is 4.23. The van der Waals surface area contributed by atoms with Crippen LogP contribution in [0.1, 0.15) is 19.2 Å². The molecule has 84 valence electrons. The molecule has 0 atom stereocenters. The van der Waals surface area contributed by atoms with Crippen LogP contribution in [-0.4, -0.2) is 27.8 Å². The van der Waals surface area contributed by atoms with E-state index in [9.17, 15) is 0 Å². The lowest BCUT2D eigenvalue weighted by Gasteiger charge is -2.09. The minimum Gasteiger partial charge on any atom is -0.363 e. The van der Waals surface area contributed by atoms with Gasteiger partial charge in [-0.25, -0.2) is 4.98 Å². The van der Waals surface area contributed by atoms with E-state index in [-0.39, 0.29) is 0 Å². The fraction of sp³-hybridized carbons (Fsp3) is 0.600. The maximum Gasteiger partial charge on any atom is 0.166 e. The van der Waals surface area contributed by atoms with Crippen LogP contribution in [-0.2, 0) is 13.5 Å². The zero-order valence-corrected chi connectivity index (χ0v) is 10.1. The first-order valence-electron chi connectivity index (χ1n) is 5.22. The Morgan fingerprint density at radius 3 is 2.80 bits per heavy atom. The van der Waals surface area contributed by atoms with Gasteiger partial charge < -0.3 is 15.2 Å². The third-order valence-corrected chi connectivity index (χ3v) is 2.38. The molecule has 0 aliphatic rings. The summed E-state index contributed by atoms with van der Waals surface area (Å²) in [6, 6.07) is 0. The van der Waals surface area contributed by atoms with E-state index in [0.29, 0.717) is 0 Å². The van der Waals surface area contributed by atoms with Gasteiger partial charge in [-0.2, -0.15) is 0 Å². The molecule has 0 amide bonds. The van der Waals surface area contributed by atoms with Crippen LogP contribution >= 0.6 is 12.2 Å². The van der Waals surface area contributed by atoms with Crippen LogP contribution in [0.25, 0.3) is 0 Å². The van der Waals surface area contributed by atoms with E-state index < -0.39 is 0 Å². The summed E-state index contributed by atoms with van der Waals surface area (Å²) in [7, 11) is 2.00. The lowest BCUT2D eigenvalue weighted by molar-refractivity contribution is 0.735. The largest absolute Gasteiger partial charge is 0.363 e. The first-order valence-corrected chi connectivity index (χ1v) is 5.62. The molecule has 15 heavy (non-hydrogen) atoms. The summed E-state index contributed by atoms with van der Waals surface area (Å²) >= 11 is 5.10. The first kappa shape index (κ1) is 12.0. The Bertz CT molecular complexity index is 308. The van der Waals surface area contributed by atoms with Gasteiger partial charge in [0.2, 0.25) is 0 Å². The Kier molecular flexibility index (Phi) is 5.10. The maximum absolute atomic E-state index is 5.10. The third-order valence-electron chi connectivity index (χ3n) is 2.09. The molecular formula is C10H18N4S. The van der Waals surface area contributed by atoms with Gasteiger partial charge >= 0.3 is 0 Å². The zero-order valence-electron chi connectivity index (χ0n) is 9.29. The van der Waals surface area contributed by atoms with Crippen LogP contribution in [0, 0.1) is 0 Å². The highest BCUT2D eigenvalue weighted by Crippen LogP contribution is 1.93. The number of imidazole rings is 1. The SMILES string of the molecule is CCCNC(=S)NCCc1nccn1C. The quantitative estimate of drug-likeness (QED) is 0.730. The van der Waals surface area contributed by atoms with Gasteiger partial charge in [-0.05, 0) is 18.6 Å². The van der Waals surface area contributed by atoms with E-state index in [2.05, 4.69) is 22.5 Å². The molecule has 1 aromatic rings. The molecule has 0 aromatic carbocycles. The fourth-order valence-electron chi connectivity index (χ4n) is 1.23. The summed E-state index contributed by atoms with van der Waals surface area (Å²) in [5.41, 5.74) is 0. The topological polar surface area (TPSA) is 41.9 Å². The second kappa shape index (κ2) is 6.40. The van der Waals surface area contributed by atoms with Crippen molar-refractivity contribution in [2.24, 2.45) is 7.05 Å². The Balaban J connectivity index is 2.16. The van der Waals surface area contributed by atoms with Gasteiger partial charge in [-0.3, -0.25) is 0 Å². The van der Waals surface area contributed by atoms with Crippen LogP contribution in [0.15, 0.2) is 12.4 Å². The van der Waals surface area contributed by atoms with E-state index in [0.717, 1.165) is 36.9 Å². The van der Waals surface area contributed by atoms with Crippen molar-refractivity contribution in [2.75, 3.05) is 13.1 Å². The Hall–Kier alpha value is -1.10. The molecule has 0 aliphatic heterocycles. The van der Waals surface area contributed by atoms with E-state index in [1.165, 1.54) is 0 Å². The van der Waals surface area contributed by atoms with Gasteiger partial charge in [0.1, 0.15) is 5.82 Å². The minimum absolute atomic E-state index is 0.728. The lowest BCUT2D eigenvalue weighted by atomic mass is 10.4. The lowest BCUT2D eigenvalue weighted by Crippen LogP contribution is -2.36. The number of nitrogens with one attached hydrogen (secondary N) is 2. The van der Waals surface area contributed by atoms with Gasteiger partial charge in [0.15, 0.2) is 5.11 Å². The van der Waals surface area contributed by atoms with E-state index in [1.807, 2.05) is 24.0 Å². The summed E-state index contributed by atoms with van der Waals surface area (Å²) in [5, 5.41) is 7.00. The molecule has 0 saturated heterocycles. The molecule has 0 radical (unpaired) electrons. The van der Waals surface area contributed by atoms with Crippen LogP contribution in [0.3, 0.4) is 0 Å². The monoisotopic (exact) mass is 226 g/mol. The standard InChI is InChI=1S/C10H18N4S/c1-3-5-12-10(15)13-6-4-9-11-7-8-14(9)2/h7-8H,3-6H2,1-2H3,(H2,12,13,15). The number of thiocarbonyl (C=S) groups is 1. The van der Waals surface area contributed by atoms with Gasteiger partial charge in [0.25, 0.3) is 0 Å². The molecule has 1 heterocycles. The number of aryl methyl sites for hydroxylation is 1. The normalized spacial score (nSPS) is 10.0. The third kappa shape index (κ3) is 4.29. The summed E-state index contributed by atoms with van der Waals surface area (Å²) in [5.74, 6) is 1.07. The van der Waals surface area contributed by atoms with Crippen LogP contribution in [0.2, 0.25) is 0 Å². The molecule has 0 unspecified atom stereocenters. The number of hydrogen-bond donors (Lipinski definition) is 2. The highest BCUT2D eigenvalue weighted by molar-refractivity contribution is 7.80. The molecule has 0 bridgehead atoms. The van der Waals surface area contributed by atoms with E-state index in [1.54, 1.807) is 0 Å². The van der Waals surface area contributed by atoms with Gasteiger partial charge in [0.05, 0.1) is 0 Å². The van der Waals surface area contributed by atoms with E-state index in [4.69, 9.17) is 12.2 Å². The second-order valence-electron chi connectivity index (χ2n) is 3.39. The highest BCUT2D eigenvalue weighted by atomic mass is 32.1. The van der Waals surface area contributed by atoms with Gasteiger partial charge in [0, 0.05) is 39.0 Å². The minimum atomic E-state index is 0.728. The molecule has 1 aromatic heterocycles. The van der Waals surface area contributed by atoms with Crippen molar-refractivity contribution >= 4 is 17.3 Å². The Morgan fingerprint density at radius 2 is 2.20 bits per heavy atom. The second-order valence-corrected chi connectivity index (χ2v) is 3.80. The van der Waals surface area contributed by atoms with Gasteiger partial charge in [-0.1, -0.05) is 6.92 Å². The van der Waals surface area contributed by atoms with Crippen LogP contribution in [0.5, 0.6) is 0 Å². The van der Waals surface area contributed by atoms with Crippen molar-refractivity contribution < 1.29 is 0 Å². The molecule has 1 rings (SSSR count). The number of rotatable bonds is 5. The molecule has 0 saturated carbocycles. The molecule has 0 fully saturated rings. The fourth-order valence-corrected chi connectivity index (χ4v) is 1.43. The number of aromatic nitrogens is 2. The smallest absolute Gasteiger partial charge is 0.166 e. The van der Waals surface area contributed by atoms with Crippen molar-refractivity contribution in [3.05, 3.63) is 18.2 Å². The first-order chi connectivity index (χ1) is 7.24. The van der Waals surface area contributed by atoms with Crippen molar-refractivity contribution in [3.63, 3.8) is 0 Å². The highest BCUT2D eigenvalue weighted by Gasteiger charge is 1.99. The van der Waals surface area contributed by atoms with Crippen molar-refractivity contribution in [3.8, 4) is 0 Å². The van der Waals surface area contributed by atoms with Crippen molar-refractivity contribution in [1.29, 1.82) is 0 Å². The molecule has 4 nitrogen and oxygen atoms in total. The molecule has 5 heteroatoms. The predicted octanol–water partition coefficient (Wildman–Crippen LogP) is 0.837. The summed E-state index contributed by atoms with van der Waals surface area (Å²) in [6.07, 6.45) is 5.73. The molecule has 0 aliphatic carbocycles. The van der Waals surface area contributed by atoms with E-state index >= 15 is 0 Å². The van der Waals surface area contributed by atoms with Crippen LogP contribution < -0.4 is 10.6 Å². The Morgan fingerprint density at radius 1 is 1.47 bits per heavy atom.